The van der Waals surface area contributed by atoms with E-state index in [0.717, 1.165) is 0 Å². The number of halogens is 1. The minimum absolute atomic E-state index is 0.361. The van der Waals surface area contributed by atoms with Crippen LogP contribution < -0.4 is 0 Å². The van der Waals surface area contributed by atoms with Gasteiger partial charge in [-0.25, -0.2) is 4.98 Å². The monoisotopic (exact) mass is 141 g/mol. The first kappa shape index (κ1) is 7.15. The van der Waals surface area contributed by atoms with Gasteiger partial charge >= 0.3 is 0 Å². The maximum absolute atomic E-state index is 12.3. The summed E-state index contributed by atoms with van der Waals surface area (Å²) >= 11 is 0. The number of rotatable bonds is 1. The van der Waals surface area contributed by atoms with E-state index >= 15 is 0 Å². The van der Waals surface area contributed by atoms with Crippen LogP contribution in [0.2, 0.25) is 0 Å². The van der Waals surface area contributed by atoms with Gasteiger partial charge in [-0.1, -0.05) is 6.07 Å². The van der Waals surface area contributed by atoms with Crippen molar-refractivity contribution in [2.75, 3.05) is 0 Å². The van der Waals surface area contributed by atoms with Crippen LogP contribution in [0.3, 0.4) is 0 Å². The van der Waals surface area contributed by atoms with Gasteiger partial charge in [-0.15, -0.1) is 0 Å². The molecule has 1 heterocycles. The third kappa shape index (κ3) is 1.51. The predicted octanol–water partition coefficient (Wildman–Crippen LogP) is 1.27. The zero-order valence-electron chi connectivity index (χ0n) is 5.58. The molecule has 0 radical (unpaired) electrons. The highest BCUT2D eigenvalue weighted by Crippen LogP contribution is 2.07. The van der Waals surface area contributed by atoms with Crippen molar-refractivity contribution in [3.63, 3.8) is 0 Å². The smallest absolute Gasteiger partial charge is 0.213 e. The molecule has 3 heteroatoms. The number of pyridine rings is 1. The van der Waals surface area contributed by atoms with E-state index in [0.29, 0.717) is 5.69 Å². The van der Waals surface area contributed by atoms with Crippen LogP contribution in [-0.4, -0.2) is 10.1 Å². The van der Waals surface area contributed by atoms with Crippen LogP contribution in [0.4, 0.5) is 4.39 Å². The van der Waals surface area contributed by atoms with Gasteiger partial charge in [0.05, 0.1) is 11.8 Å². The van der Waals surface area contributed by atoms with Crippen LogP contribution in [0.1, 0.15) is 18.7 Å². The van der Waals surface area contributed by atoms with Gasteiger partial charge in [0.2, 0.25) is 5.95 Å². The summed E-state index contributed by atoms with van der Waals surface area (Å²) in [4.78, 5) is 3.46. The fourth-order valence-electron chi connectivity index (χ4n) is 0.657. The molecule has 0 saturated carbocycles. The highest BCUT2D eigenvalue weighted by Gasteiger charge is 2.01. The van der Waals surface area contributed by atoms with Gasteiger partial charge < -0.3 is 5.11 Å². The molecule has 0 bridgehead atoms. The Balaban J connectivity index is 2.96. The molecule has 0 aliphatic rings. The molecular weight excluding hydrogens is 133 g/mol. The van der Waals surface area contributed by atoms with E-state index in [9.17, 15) is 4.39 Å². The van der Waals surface area contributed by atoms with Gasteiger partial charge in [-0.3, -0.25) is 0 Å². The average Bonchev–Trinajstić information content (AvgIpc) is 1.88. The molecule has 54 valence electrons. The Morgan fingerprint density at radius 1 is 1.60 bits per heavy atom. The summed E-state index contributed by atoms with van der Waals surface area (Å²) in [5.74, 6) is -0.557. The van der Waals surface area contributed by atoms with Gasteiger partial charge in [-0.2, -0.15) is 4.39 Å². The third-order valence-electron chi connectivity index (χ3n) is 1.16. The van der Waals surface area contributed by atoms with Crippen LogP contribution in [0.15, 0.2) is 18.2 Å². The summed E-state index contributed by atoms with van der Waals surface area (Å²) in [6.07, 6.45) is -0.698. The number of hydrogen-bond acceptors (Lipinski definition) is 2. The zero-order chi connectivity index (χ0) is 7.56. The van der Waals surface area contributed by atoms with E-state index in [2.05, 4.69) is 4.98 Å². The Morgan fingerprint density at radius 3 is 2.70 bits per heavy atom. The molecule has 0 spiro atoms. The first-order valence-corrected chi connectivity index (χ1v) is 3.00. The summed E-state index contributed by atoms with van der Waals surface area (Å²) in [5, 5.41) is 8.92. The summed E-state index contributed by atoms with van der Waals surface area (Å²) in [5.41, 5.74) is 0.361. The van der Waals surface area contributed by atoms with Crippen LogP contribution in [0.5, 0.6) is 0 Å². The Bertz CT molecular complexity index is 225. The molecule has 0 unspecified atom stereocenters. The minimum Gasteiger partial charge on any atom is -0.387 e. The summed E-state index contributed by atoms with van der Waals surface area (Å²) in [6, 6.07) is 4.34. The number of aliphatic hydroxyl groups excluding tert-OH is 1. The van der Waals surface area contributed by atoms with Crippen molar-refractivity contribution in [3.05, 3.63) is 29.8 Å². The van der Waals surface area contributed by atoms with Gasteiger partial charge in [0.1, 0.15) is 0 Å². The molecule has 1 aromatic heterocycles. The molecular formula is C7H8FNO. The maximum Gasteiger partial charge on any atom is 0.213 e. The van der Waals surface area contributed by atoms with Crippen molar-refractivity contribution < 1.29 is 9.50 Å². The van der Waals surface area contributed by atoms with Crippen molar-refractivity contribution in [1.82, 2.24) is 4.98 Å². The molecule has 0 amide bonds. The van der Waals surface area contributed by atoms with Gasteiger partial charge in [0.15, 0.2) is 0 Å². The lowest BCUT2D eigenvalue weighted by Crippen LogP contribution is -1.96. The molecule has 1 atom stereocenters. The van der Waals surface area contributed by atoms with Gasteiger partial charge in [-0.05, 0) is 19.1 Å². The van der Waals surface area contributed by atoms with Crippen molar-refractivity contribution >= 4 is 0 Å². The van der Waals surface area contributed by atoms with E-state index in [4.69, 9.17) is 5.11 Å². The molecule has 10 heavy (non-hydrogen) atoms. The summed E-state index contributed by atoms with van der Waals surface area (Å²) in [7, 11) is 0. The topological polar surface area (TPSA) is 33.1 Å². The second kappa shape index (κ2) is 2.75. The van der Waals surface area contributed by atoms with E-state index in [1.807, 2.05) is 0 Å². The van der Waals surface area contributed by atoms with Gasteiger partial charge in [0, 0.05) is 0 Å². The first-order valence-electron chi connectivity index (χ1n) is 3.00. The predicted molar refractivity (Wildman–Crippen MR) is 34.8 cm³/mol. The lowest BCUT2D eigenvalue weighted by Gasteiger charge is -2.00. The van der Waals surface area contributed by atoms with Crippen LogP contribution in [-0.2, 0) is 0 Å². The van der Waals surface area contributed by atoms with Crippen molar-refractivity contribution in [2.24, 2.45) is 0 Å². The minimum atomic E-state index is -0.698. The number of hydrogen-bond donors (Lipinski definition) is 1. The largest absolute Gasteiger partial charge is 0.387 e. The second-order valence-electron chi connectivity index (χ2n) is 2.06. The third-order valence-corrected chi connectivity index (χ3v) is 1.16. The first-order chi connectivity index (χ1) is 4.70. The Labute approximate surface area is 58.3 Å². The van der Waals surface area contributed by atoms with Crippen molar-refractivity contribution in [1.29, 1.82) is 0 Å². The molecule has 2 nitrogen and oxygen atoms in total. The lowest BCUT2D eigenvalue weighted by atomic mass is 10.2. The Kier molecular flexibility index (Phi) is 1.97. The van der Waals surface area contributed by atoms with E-state index < -0.39 is 12.1 Å². The Morgan fingerprint density at radius 2 is 2.30 bits per heavy atom. The maximum atomic E-state index is 12.3. The molecule has 1 rings (SSSR count). The van der Waals surface area contributed by atoms with E-state index in [-0.39, 0.29) is 0 Å². The highest BCUT2D eigenvalue weighted by atomic mass is 19.1. The fourth-order valence-corrected chi connectivity index (χ4v) is 0.657. The van der Waals surface area contributed by atoms with Crippen molar-refractivity contribution in [2.45, 2.75) is 13.0 Å². The van der Waals surface area contributed by atoms with Gasteiger partial charge in [0.25, 0.3) is 0 Å². The number of aliphatic hydroxyl groups is 1. The molecule has 1 N–H and O–H groups in total. The Hall–Kier alpha value is -0.960. The van der Waals surface area contributed by atoms with Crippen LogP contribution >= 0.6 is 0 Å². The molecule has 0 aromatic carbocycles. The molecule has 1 aromatic rings. The fraction of sp³-hybridized carbons (Fsp3) is 0.286. The summed E-state index contributed by atoms with van der Waals surface area (Å²) < 4.78 is 12.3. The second-order valence-corrected chi connectivity index (χ2v) is 2.06. The standard InChI is InChI=1S/C7H8FNO/c1-5(10)6-3-2-4-7(8)9-6/h2-5,10H,1H3/t5-/m1/s1. The lowest BCUT2D eigenvalue weighted by molar-refractivity contribution is 0.193. The zero-order valence-corrected chi connectivity index (χ0v) is 5.58. The molecule has 0 aliphatic heterocycles. The van der Waals surface area contributed by atoms with E-state index in [1.54, 1.807) is 13.0 Å². The SMILES string of the molecule is C[C@@H](O)c1cccc(F)n1. The highest BCUT2D eigenvalue weighted by molar-refractivity contribution is 5.06. The number of aromatic nitrogens is 1. The normalized spacial score (nSPS) is 13.1. The quantitative estimate of drug-likeness (QED) is 0.597. The number of nitrogens with zero attached hydrogens (tertiary/aromatic N) is 1. The van der Waals surface area contributed by atoms with Crippen LogP contribution in [0, 0.1) is 5.95 Å². The molecule has 0 aliphatic carbocycles. The summed E-state index contributed by atoms with van der Waals surface area (Å²) in [6.45, 7) is 1.54. The average molecular weight is 141 g/mol. The van der Waals surface area contributed by atoms with Crippen LogP contribution in [0.25, 0.3) is 0 Å². The molecule has 0 fully saturated rings. The van der Waals surface area contributed by atoms with E-state index in [1.165, 1.54) is 12.1 Å². The molecule has 0 saturated heterocycles. The van der Waals surface area contributed by atoms with Crippen molar-refractivity contribution in [3.8, 4) is 0 Å².